The molecule has 2 heterocycles. The van der Waals surface area contributed by atoms with E-state index in [9.17, 15) is 4.79 Å². The van der Waals surface area contributed by atoms with Crippen LogP contribution in [0.25, 0.3) is 0 Å². The van der Waals surface area contributed by atoms with Crippen LogP contribution in [0, 0.1) is 11.8 Å². The summed E-state index contributed by atoms with van der Waals surface area (Å²) in [4.78, 5) is 14.2. The second-order valence-corrected chi connectivity index (χ2v) is 6.20. The molecule has 2 nitrogen and oxygen atoms in total. The van der Waals surface area contributed by atoms with Gasteiger partial charge in [-0.3, -0.25) is 9.69 Å². The Bertz CT molecular complexity index is 272. The van der Waals surface area contributed by atoms with E-state index in [1.165, 1.54) is 38.6 Å². The van der Waals surface area contributed by atoms with Crippen molar-refractivity contribution in [2.75, 3.05) is 6.54 Å². The van der Waals surface area contributed by atoms with Gasteiger partial charge < -0.3 is 0 Å². The third kappa shape index (κ3) is 1.81. The first-order valence-corrected chi connectivity index (χ1v) is 7.01. The van der Waals surface area contributed by atoms with Gasteiger partial charge in [0.15, 0.2) is 0 Å². The molecule has 1 saturated carbocycles. The van der Waals surface area contributed by atoms with Crippen LogP contribution in [0.3, 0.4) is 0 Å². The van der Waals surface area contributed by atoms with E-state index in [1.807, 2.05) is 0 Å². The monoisotopic (exact) mass is 221 g/mol. The molecule has 0 aromatic carbocycles. The minimum atomic E-state index is 0.517. The first kappa shape index (κ1) is 10.8. The highest BCUT2D eigenvalue weighted by atomic mass is 16.1. The number of rotatable bonds is 2. The second kappa shape index (κ2) is 4.14. The van der Waals surface area contributed by atoms with Crippen molar-refractivity contribution in [3.8, 4) is 0 Å². The number of Topliss-reactive ketones (excluding diaryl/α,β-unsaturated/α-hetero) is 1. The maximum atomic E-state index is 11.5. The number of fused-ring (bicyclic) bond motifs is 2. The van der Waals surface area contributed by atoms with Gasteiger partial charge >= 0.3 is 0 Å². The molecule has 3 rings (SSSR count). The molecule has 1 aliphatic carbocycles. The van der Waals surface area contributed by atoms with Crippen molar-refractivity contribution < 1.29 is 4.79 Å². The predicted octanol–water partition coefficient (Wildman–Crippen LogP) is 2.62. The van der Waals surface area contributed by atoms with Crippen molar-refractivity contribution in [3.05, 3.63) is 0 Å². The van der Waals surface area contributed by atoms with Crippen LogP contribution in [-0.4, -0.2) is 29.3 Å². The number of ketones is 1. The van der Waals surface area contributed by atoms with E-state index < -0.39 is 0 Å². The van der Waals surface area contributed by atoms with Crippen molar-refractivity contribution in [1.29, 1.82) is 0 Å². The lowest BCUT2D eigenvalue weighted by Crippen LogP contribution is -2.45. The van der Waals surface area contributed by atoms with E-state index in [-0.39, 0.29) is 0 Å². The molecule has 0 aromatic heterocycles. The van der Waals surface area contributed by atoms with E-state index in [0.29, 0.717) is 17.9 Å². The molecule has 2 heteroatoms. The fraction of sp³-hybridized carbons (Fsp3) is 0.929. The van der Waals surface area contributed by atoms with Gasteiger partial charge in [-0.1, -0.05) is 19.8 Å². The minimum absolute atomic E-state index is 0.517. The van der Waals surface area contributed by atoms with Crippen LogP contribution in [0.2, 0.25) is 0 Å². The number of carbonyl (C=O) groups is 1. The number of piperidine rings is 1. The first-order chi connectivity index (χ1) is 7.74. The zero-order valence-electron chi connectivity index (χ0n) is 10.3. The Labute approximate surface area is 98.4 Å². The summed E-state index contributed by atoms with van der Waals surface area (Å²) in [7, 11) is 0. The average molecular weight is 221 g/mol. The number of carbonyl (C=O) groups excluding carboxylic acids is 1. The van der Waals surface area contributed by atoms with Gasteiger partial charge in [0.05, 0.1) is 0 Å². The van der Waals surface area contributed by atoms with E-state index in [2.05, 4.69) is 11.8 Å². The molecule has 2 bridgehead atoms. The summed E-state index contributed by atoms with van der Waals surface area (Å²) < 4.78 is 0. The Morgan fingerprint density at radius 3 is 2.38 bits per heavy atom. The van der Waals surface area contributed by atoms with Crippen LogP contribution < -0.4 is 0 Å². The largest absolute Gasteiger partial charge is 0.300 e. The summed E-state index contributed by atoms with van der Waals surface area (Å²) >= 11 is 0. The van der Waals surface area contributed by atoms with Gasteiger partial charge in [-0.15, -0.1) is 0 Å². The lowest BCUT2D eigenvalue weighted by molar-refractivity contribution is -0.123. The average Bonchev–Trinajstić information content (AvgIpc) is 2.73. The molecule has 2 saturated heterocycles. The quantitative estimate of drug-likeness (QED) is 0.714. The number of nitrogens with zero attached hydrogens (tertiary/aromatic N) is 1. The lowest BCUT2D eigenvalue weighted by Gasteiger charge is -2.36. The van der Waals surface area contributed by atoms with Crippen LogP contribution in [0.4, 0.5) is 0 Å². The Kier molecular flexibility index (Phi) is 2.78. The molecule has 0 aromatic rings. The zero-order chi connectivity index (χ0) is 11.1. The summed E-state index contributed by atoms with van der Waals surface area (Å²) in [5.41, 5.74) is 0. The van der Waals surface area contributed by atoms with Crippen LogP contribution in [0.1, 0.15) is 51.9 Å². The van der Waals surface area contributed by atoms with Gasteiger partial charge in [0.2, 0.25) is 0 Å². The van der Waals surface area contributed by atoms with Gasteiger partial charge in [0.1, 0.15) is 5.78 Å². The minimum Gasteiger partial charge on any atom is -0.300 e. The van der Waals surface area contributed by atoms with Gasteiger partial charge in [-0.05, 0) is 31.1 Å². The summed E-state index contributed by atoms with van der Waals surface area (Å²) in [5.74, 6) is 2.34. The molecule has 3 fully saturated rings. The second-order valence-electron chi connectivity index (χ2n) is 6.20. The summed E-state index contributed by atoms with van der Waals surface area (Å²) in [5, 5.41) is 0. The fourth-order valence-electron chi connectivity index (χ4n) is 4.12. The summed E-state index contributed by atoms with van der Waals surface area (Å²) in [6.07, 6.45) is 8.51. The standard InChI is InChI=1S/C14H23NO/c1-10-3-2-4-11(10)9-15-12-5-6-13(15)8-14(16)7-12/h10-13H,2-9H2,1H3. The molecule has 4 atom stereocenters. The van der Waals surface area contributed by atoms with Crippen LogP contribution >= 0.6 is 0 Å². The Morgan fingerprint density at radius 1 is 1.12 bits per heavy atom. The maximum absolute atomic E-state index is 11.5. The fourth-order valence-corrected chi connectivity index (χ4v) is 4.12. The van der Waals surface area contributed by atoms with Crippen LogP contribution in [0.5, 0.6) is 0 Å². The highest BCUT2D eigenvalue weighted by molar-refractivity contribution is 5.80. The highest BCUT2D eigenvalue weighted by Gasteiger charge is 2.41. The molecular formula is C14H23NO. The van der Waals surface area contributed by atoms with Gasteiger partial charge in [0, 0.05) is 31.5 Å². The van der Waals surface area contributed by atoms with E-state index in [1.54, 1.807) is 0 Å². The van der Waals surface area contributed by atoms with Crippen LogP contribution in [0.15, 0.2) is 0 Å². The lowest BCUT2D eigenvalue weighted by atomic mass is 9.94. The third-order valence-electron chi connectivity index (χ3n) is 5.18. The number of hydrogen-bond donors (Lipinski definition) is 0. The Balaban J connectivity index is 1.65. The van der Waals surface area contributed by atoms with E-state index in [0.717, 1.165) is 24.7 Å². The molecular weight excluding hydrogens is 198 g/mol. The van der Waals surface area contributed by atoms with Gasteiger partial charge in [-0.2, -0.15) is 0 Å². The van der Waals surface area contributed by atoms with Crippen molar-refractivity contribution in [1.82, 2.24) is 4.90 Å². The topological polar surface area (TPSA) is 20.3 Å². The molecule has 0 spiro atoms. The molecule has 2 aliphatic heterocycles. The molecule has 0 radical (unpaired) electrons. The predicted molar refractivity (Wildman–Crippen MR) is 64.3 cm³/mol. The highest BCUT2D eigenvalue weighted by Crippen LogP contribution is 2.38. The normalized spacial score (nSPS) is 44.2. The molecule has 16 heavy (non-hydrogen) atoms. The molecule has 0 amide bonds. The first-order valence-electron chi connectivity index (χ1n) is 7.01. The van der Waals surface area contributed by atoms with Gasteiger partial charge in [0.25, 0.3) is 0 Å². The number of hydrogen-bond acceptors (Lipinski definition) is 2. The van der Waals surface area contributed by atoms with Crippen molar-refractivity contribution >= 4 is 5.78 Å². The van der Waals surface area contributed by atoms with E-state index in [4.69, 9.17) is 0 Å². The zero-order valence-corrected chi connectivity index (χ0v) is 10.3. The Morgan fingerprint density at radius 2 is 1.81 bits per heavy atom. The molecule has 0 N–H and O–H groups in total. The third-order valence-corrected chi connectivity index (χ3v) is 5.18. The summed E-state index contributed by atoms with van der Waals surface area (Å²) in [6, 6.07) is 1.22. The molecule has 90 valence electrons. The van der Waals surface area contributed by atoms with Crippen molar-refractivity contribution in [3.63, 3.8) is 0 Å². The molecule has 4 unspecified atom stereocenters. The van der Waals surface area contributed by atoms with Crippen molar-refractivity contribution in [2.45, 2.75) is 64.0 Å². The summed E-state index contributed by atoms with van der Waals surface area (Å²) in [6.45, 7) is 3.69. The van der Waals surface area contributed by atoms with Crippen LogP contribution in [-0.2, 0) is 4.79 Å². The smallest absolute Gasteiger partial charge is 0.136 e. The van der Waals surface area contributed by atoms with Gasteiger partial charge in [-0.25, -0.2) is 0 Å². The Hall–Kier alpha value is -0.370. The molecule has 3 aliphatic rings. The van der Waals surface area contributed by atoms with E-state index >= 15 is 0 Å². The maximum Gasteiger partial charge on any atom is 0.136 e. The van der Waals surface area contributed by atoms with Crippen molar-refractivity contribution in [2.24, 2.45) is 11.8 Å². The SMILES string of the molecule is CC1CCCC1CN1C2CCC1CC(=O)C2.